The van der Waals surface area contributed by atoms with E-state index in [0.717, 1.165) is 29.7 Å². The topological polar surface area (TPSA) is 38.3 Å². The van der Waals surface area contributed by atoms with E-state index in [1.807, 2.05) is 19.1 Å². The number of ether oxygens (including phenoxy) is 1. The SMILES string of the molecule is CC(CNCC1Cc2cc(Br)ccc2O1)S(C)=O. The fraction of sp³-hybridized carbons (Fsp3) is 0.538. The first-order valence-electron chi connectivity index (χ1n) is 6.04. The molecule has 0 fully saturated rings. The number of halogens is 1. The molecular formula is C13H18BrNO2S. The van der Waals surface area contributed by atoms with Crippen molar-refractivity contribution in [1.82, 2.24) is 5.32 Å². The van der Waals surface area contributed by atoms with Gasteiger partial charge in [0.1, 0.15) is 11.9 Å². The third kappa shape index (κ3) is 3.56. The second-order valence-electron chi connectivity index (χ2n) is 4.66. The molecule has 0 radical (unpaired) electrons. The van der Waals surface area contributed by atoms with Crippen LogP contribution in [0.5, 0.6) is 5.75 Å². The summed E-state index contributed by atoms with van der Waals surface area (Å²) in [5, 5.41) is 3.51. The minimum absolute atomic E-state index is 0.183. The van der Waals surface area contributed by atoms with Gasteiger partial charge in [0.15, 0.2) is 0 Å². The van der Waals surface area contributed by atoms with E-state index in [1.54, 1.807) is 6.26 Å². The van der Waals surface area contributed by atoms with E-state index in [1.165, 1.54) is 5.56 Å². The van der Waals surface area contributed by atoms with Gasteiger partial charge in [0.25, 0.3) is 0 Å². The fourth-order valence-corrected chi connectivity index (χ4v) is 2.73. The van der Waals surface area contributed by atoms with E-state index in [0.29, 0.717) is 0 Å². The lowest BCUT2D eigenvalue weighted by Crippen LogP contribution is -2.35. The van der Waals surface area contributed by atoms with Gasteiger partial charge in [-0.05, 0) is 30.7 Å². The first-order valence-corrected chi connectivity index (χ1v) is 8.45. The van der Waals surface area contributed by atoms with Crippen molar-refractivity contribution in [1.29, 1.82) is 0 Å². The number of fused-ring (bicyclic) bond motifs is 1. The molecule has 3 atom stereocenters. The summed E-state index contributed by atoms with van der Waals surface area (Å²) in [5.74, 6) is 0.983. The van der Waals surface area contributed by atoms with Crippen molar-refractivity contribution in [2.75, 3.05) is 19.3 Å². The highest BCUT2D eigenvalue weighted by Gasteiger charge is 2.22. The minimum atomic E-state index is -0.766. The van der Waals surface area contributed by atoms with Gasteiger partial charge in [-0.3, -0.25) is 4.21 Å². The van der Waals surface area contributed by atoms with E-state index < -0.39 is 10.8 Å². The molecule has 100 valence electrons. The molecule has 1 aromatic rings. The van der Waals surface area contributed by atoms with Crippen molar-refractivity contribution in [2.24, 2.45) is 0 Å². The van der Waals surface area contributed by atoms with Crippen LogP contribution >= 0.6 is 15.9 Å². The van der Waals surface area contributed by atoms with Gasteiger partial charge in [-0.15, -0.1) is 0 Å². The van der Waals surface area contributed by atoms with E-state index in [9.17, 15) is 4.21 Å². The molecule has 0 bridgehead atoms. The second kappa shape index (κ2) is 6.17. The summed E-state index contributed by atoms with van der Waals surface area (Å²) < 4.78 is 18.2. The van der Waals surface area contributed by atoms with Gasteiger partial charge in [0, 0.05) is 46.3 Å². The van der Waals surface area contributed by atoms with E-state index in [2.05, 4.69) is 27.3 Å². The monoisotopic (exact) mass is 331 g/mol. The molecule has 0 saturated carbocycles. The lowest BCUT2D eigenvalue weighted by Gasteiger charge is -2.14. The maximum Gasteiger partial charge on any atom is 0.123 e. The Bertz CT molecular complexity index is 453. The van der Waals surface area contributed by atoms with Crippen LogP contribution in [-0.2, 0) is 17.2 Å². The molecule has 0 aliphatic carbocycles. The quantitative estimate of drug-likeness (QED) is 0.898. The van der Waals surface area contributed by atoms with Crippen LogP contribution < -0.4 is 10.1 Å². The molecular weight excluding hydrogens is 314 g/mol. The average molecular weight is 332 g/mol. The predicted octanol–water partition coefficient (Wildman–Crippen LogP) is 2.11. The summed E-state index contributed by atoms with van der Waals surface area (Å²) in [7, 11) is -0.766. The van der Waals surface area contributed by atoms with Crippen LogP contribution in [0.15, 0.2) is 22.7 Å². The summed E-state index contributed by atoms with van der Waals surface area (Å²) in [4.78, 5) is 0. The molecule has 1 N–H and O–H groups in total. The first kappa shape index (κ1) is 14.0. The molecule has 1 aromatic carbocycles. The van der Waals surface area contributed by atoms with Gasteiger partial charge in [-0.2, -0.15) is 0 Å². The molecule has 3 nitrogen and oxygen atoms in total. The Morgan fingerprint density at radius 1 is 1.61 bits per heavy atom. The smallest absolute Gasteiger partial charge is 0.123 e. The largest absolute Gasteiger partial charge is 0.488 e. The van der Waals surface area contributed by atoms with Gasteiger partial charge in [0.05, 0.1) is 0 Å². The van der Waals surface area contributed by atoms with Crippen LogP contribution in [0, 0.1) is 0 Å². The van der Waals surface area contributed by atoms with Crippen LogP contribution in [0.25, 0.3) is 0 Å². The zero-order valence-electron chi connectivity index (χ0n) is 10.6. The highest BCUT2D eigenvalue weighted by atomic mass is 79.9. The summed E-state index contributed by atoms with van der Waals surface area (Å²) >= 11 is 3.47. The fourth-order valence-electron chi connectivity index (χ4n) is 1.97. The maximum absolute atomic E-state index is 11.2. The minimum Gasteiger partial charge on any atom is -0.488 e. The zero-order chi connectivity index (χ0) is 13.1. The number of hydrogen-bond donors (Lipinski definition) is 1. The summed E-state index contributed by atoms with van der Waals surface area (Å²) in [6.07, 6.45) is 2.86. The van der Waals surface area contributed by atoms with Crippen molar-refractivity contribution in [3.8, 4) is 5.75 Å². The third-order valence-corrected chi connectivity index (χ3v) is 4.93. The van der Waals surface area contributed by atoms with Crippen molar-refractivity contribution in [3.63, 3.8) is 0 Å². The Hall–Kier alpha value is -0.390. The van der Waals surface area contributed by atoms with Gasteiger partial charge in [-0.25, -0.2) is 0 Å². The van der Waals surface area contributed by atoms with Crippen molar-refractivity contribution in [2.45, 2.75) is 24.7 Å². The number of rotatable bonds is 5. The maximum atomic E-state index is 11.2. The summed E-state index contributed by atoms with van der Waals surface area (Å²) in [6.45, 7) is 3.56. The summed E-state index contributed by atoms with van der Waals surface area (Å²) in [5.41, 5.74) is 1.25. The van der Waals surface area contributed by atoms with Crippen LogP contribution in [0.2, 0.25) is 0 Å². The molecule has 5 heteroatoms. The predicted molar refractivity (Wildman–Crippen MR) is 78.7 cm³/mol. The Morgan fingerprint density at radius 3 is 3.11 bits per heavy atom. The molecule has 18 heavy (non-hydrogen) atoms. The Balaban J connectivity index is 1.80. The van der Waals surface area contributed by atoms with Crippen molar-refractivity contribution >= 4 is 26.7 Å². The Labute approximate surface area is 119 Å². The Kier molecular flexibility index (Phi) is 4.81. The van der Waals surface area contributed by atoms with E-state index >= 15 is 0 Å². The molecule has 0 spiro atoms. The van der Waals surface area contributed by atoms with E-state index in [-0.39, 0.29) is 11.4 Å². The molecule has 0 aromatic heterocycles. The van der Waals surface area contributed by atoms with Crippen LogP contribution in [0.4, 0.5) is 0 Å². The lowest BCUT2D eigenvalue weighted by atomic mass is 10.1. The molecule has 1 aliphatic heterocycles. The molecule has 0 amide bonds. The normalized spacial score (nSPS) is 21.2. The van der Waals surface area contributed by atoms with Crippen molar-refractivity contribution < 1.29 is 8.95 Å². The molecule has 1 aliphatic rings. The molecule has 2 rings (SSSR count). The zero-order valence-corrected chi connectivity index (χ0v) is 13.0. The van der Waals surface area contributed by atoms with Crippen LogP contribution in [0.3, 0.4) is 0 Å². The molecule has 1 heterocycles. The second-order valence-corrected chi connectivity index (χ2v) is 7.38. The van der Waals surface area contributed by atoms with Crippen LogP contribution in [0.1, 0.15) is 12.5 Å². The van der Waals surface area contributed by atoms with Gasteiger partial charge in [0.2, 0.25) is 0 Å². The highest BCUT2D eigenvalue weighted by molar-refractivity contribution is 9.10. The molecule has 0 saturated heterocycles. The third-order valence-electron chi connectivity index (χ3n) is 3.13. The Morgan fingerprint density at radius 2 is 2.39 bits per heavy atom. The standard InChI is InChI=1S/C13H18BrNO2S/c1-9(18(2)16)7-15-8-12-6-10-5-11(14)3-4-13(10)17-12/h3-5,9,12,15H,6-8H2,1-2H3. The van der Waals surface area contributed by atoms with Gasteiger partial charge < -0.3 is 10.1 Å². The average Bonchev–Trinajstić information content (AvgIpc) is 2.70. The number of nitrogens with one attached hydrogen (secondary N) is 1. The summed E-state index contributed by atoms with van der Waals surface area (Å²) in [6, 6.07) is 6.11. The number of benzene rings is 1. The highest BCUT2D eigenvalue weighted by Crippen LogP contribution is 2.30. The molecule has 3 unspecified atom stereocenters. The van der Waals surface area contributed by atoms with Gasteiger partial charge >= 0.3 is 0 Å². The first-order chi connectivity index (χ1) is 8.56. The van der Waals surface area contributed by atoms with Gasteiger partial charge in [-0.1, -0.05) is 15.9 Å². The number of hydrogen-bond acceptors (Lipinski definition) is 3. The van der Waals surface area contributed by atoms with Crippen molar-refractivity contribution in [3.05, 3.63) is 28.2 Å². The van der Waals surface area contributed by atoms with E-state index in [4.69, 9.17) is 4.74 Å². The lowest BCUT2D eigenvalue weighted by molar-refractivity contribution is 0.228. The van der Waals surface area contributed by atoms with Crippen LogP contribution in [-0.4, -0.2) is 34.9 Å².